The fraction of sp³-hybridized carbons (Fsp3) is 0.143. The van der Waals surface area contributed by atoms with Gasteiger partial charge in [0.15, 0.2) is 0 Å². The molecule has 4 heteroatoms. The van der Waals surface area contributed by atoms with E-state index >= 15 is 0 Å². The minimum absolute atomic E-state index is 0.0120. The maximum Gasteiger partial charge on any atom is 0.331 e. The van der Waals surface area contributed by atoms with E-state index in [1.54, 1.807) is 0 Å². The summed E-state index contributed by atoms with van der Waals surface area (Å²) in [6, 6.07) is 11.4. The second-order valence-electron chi connectivity index (χ2n) is 3.83. The van der Waals surface area contributed by atoms with E-state index in [0.717, 1.165) is 21.9 Å². The summed E-state index contributed by atoms with van der Waals surface area (Å²) in [6.45, 7) is 1.28. The van der Waals surface area contributed by atoms with E-state index in [1.807, 2.05) is 36.4 Å². The highest BCUT2D eigenvalue weighted by Gasteiger charge is 2.03. The molecule has 0 saturated heterocycles. The van der Waals surface area contributed by atoms with E-state index in [1.165, 1.54) is 13.1 Å². The van der Waals surface area contributed by atoms with Crippen LogP contribution in [0.1, 0.15) is 18.1 Å². The molecule has 0 aliphatic heterocycles. The topological polar surface area (TPSA) is 58.9 Å². The molecule has 0 bridgehead atoms. The molecule has 0 amide bonds. The number of hydrogen-bond donors (Lipinski definition) is 1. The summed E-state index contributed by atoms with van der Waals surface area (Å²) in [6.07, 6.45) is 1.49. The van der Waals surface area contributed by atoms with Crippen molar-refractivity contribution >= 4 is 23.0 Å². The Hall–Kier alpha value is -2.20. The third-order valence-corrected chi connectivity index (χ3v) is 2.59. The number of carbonyl (C=O) groups excluding carboxylic acids is 1. The predicted molar refractivity (Wildman–Crippen MR) is 69.2 cm³/mol. The van der Waals surface area contributed by atoms with Gasteiger partial charge in [-0.1, -0.05) is 41.6 Å². The fourth-order valence-electron chi connectivity index (χ4n) is 1.79. The van der Waals surface area contributed by atoms with Crippen LogP contribution in [0.2, 0.25) is 0 Å². The van der Waals surface area contributed by atoms with Crippen LogP contribution in [0.15, 0.2) is 41.6 Å². The van der Waals surface area contributed by atoms with Gasteiger partial charge in [0.2, 0.25) is 0 Å². The molecule has 0 atom stereocenters. The maximum absolute atomic E-state index is 10.6. The third-order valence-electron chi connectivity index (χ3n) is 2.59. The molecule has 0 aromatic heterocycles. The third kappa shape index (κ3) is 2.55. The second kappa shape index (κ2) is 5.42. The van der Waals surface area contributed by atoms with Crippen molar-refractivity contribution in [3.63, 3.8) is 0 Å². The van der Waals surface area contributed by atoms with E-state index < -0.39 is 5.97 Å². The molecule has 2 aromatic rings. The lowest BCUT2D eigenvalue weighted by atomic mass is 10.0. The number of aliphatic hydroxyl groups is 1. The number of hydrogen-bond acceptors (Lipinski definition) is 4. The maximum atomic E-state index is 10.6. The first-order valence-electron chi connectivity index (χ1n) is 5.55. The van der Waals surface area contributed by atoms with Gasteiger partial charge >= 0.3 is 5.97 Å². The average Bonchev–Trinajstić information content (AvgIpc) is 2.38. The van der Waals surface area contributed by atoms with Crippen molar-refractivity contribution in [2.24, 2.45) is 5.16 Å². The summed E-state index contributed by atoms with van der Waals surface area (Å²) >= 11 is 0. The van der Waals surface area contributed by atoms with Crippen LogP contribution in [0.4, 0.5) is 0 Å². The first kappa shape index (κ1) is 12.3. The molecule has 2 aromatic carbocycles. The Kier molecular flexibility index (Phi) is 3.69. The monoisotopic (exact) mass is 243 g/mol. The Labute approximate surface area is 104 Å². The molecule has 0 radical (unpaired) electrons. The summed E-state index contributed by atoms with van der Waals surface area (Å²) in [7, 11) is 0. The standard InChI is InChI=1S/C14H13NO3/c1-10(17)18-15-8-11-6-7-12(9-16)14-5-3-2-4-13(11)14/h2-8,16H,9H2,1H3/b15-8+. The fourth-order valence-corrected chi connectivity index (χ4v) is 1.79. The van der Waals surface area contributed by atoms with Crippen LogP contribution in [-0.2, 0) is 16.2 Å². The highest BCUT2D eigenvalue weighted by atomic mass is 16.7. The average molecular weight is 243 g/mol. The van der Waals surface area contributed by atoms with Crippen molar-refractivity contribution in [2.75, 3.05) is 0 Å². The Morgan fingerprint density at radius 2 is 2.00 bits per heavy atom. The Morgan fingerprint density at radius 3 is 2.67 bits per heavy atom. The zero-order valence-corrected chi connectivity index (χ0v) is 9.96. The van der Waals surface area contributed by atoms with Crippen LogP contribution in [0.3, 0.4) is 0 Å². The van der Waals surface area contributed by atoms with Gasteiger partial charge in [0.25, 0.3) is 0 Å². The predicted octanol–water partition coefficient (Wildman–Crippen LogP) is 2.23. The SMILES string of the molecule is CC(=O)O/N=C/c1ccc(CO)c2ccccc12. The molecular weight excluding hydrogens is 230 g/mol. The Morgan fingerprint density at radius 1 is 1.28 bits per heavy atom. The summed E-state index contributed by atoms with van der Waals surface area (Å²) in [5.41, 5.74) is 1.69. The lowest BCUT2D eigenvalue weighted by Crippen LogP contribution is -1.94. The lowest BCUT2D eigenvalue weighted by molar-refractivity contribution is -0.140. The molecule has 18 heavy (non-hydrogen) atoms. The Bertz CT molecular complexity index is 605. The van der Waals surface area contributed by atoms with Crippen LogP contribution in [0.5, 0.6) is 0 Å². The summed E-state index contributed by atoms with van der Waals surface area (Å²) in [5, 5.41) is 14.8. The molecule has 2 rings (SSSR count). The van der Waals surface area contributed by atoms with Crippen molar-refractivity contribution in [1.29, 1.82) is 0 Å². The Balaban J connectivity index is 2.46. The summed E-state index contributed by atoms with van der Waals surface area (Å²) in [4.78, 5) is 15.2. The molecule has 0 fully saturated rings. The summed E-state index contributed by atoms with van der Waals surface area (Å²) < 4.78 is 0. The van der Waals surface area contributed by atoms with Gasteiger partial charge in [0.05, 0.1) is 12.8 Å². The molecule has 0 aliphatic carbocycles. The first-order valence-corrected chi connectivity index (χ1v) is 5.55. The van der Waals surface area contributed by atoms with E-state index in [4.69, 9.17) is 0 Å². The van der Waals surface area contributed by atoms with Crippen molar-refractivity contribution < 1.29 is 14.7 Å². The molecule has 1 N–H and O–H groups in total. The number of carbonyl (C=O) groups is 1. The smallest absolute Gasteiger partial charge is 0.331 e. The molecule has 0 aliphatic rings. The van der Waals surface area contributed by atoms with Crippen molar-refractivity contribution in [2.45, 2.75) is 13.5 Å². The van der Waals surface area contributed by atoms with Crippen molar-refractivity contribution in [3.05, 3.63) is 47.5 Å². The zero-order chi connectivity index (χ0) is 13.0. The van der Waals surface area contributed by atoms with E-state index in [0.29, 0.717) is 0 Å². The van der Waals surface area contributed by atoms with Gasteiger partial charge in [-0.2, -0.15) is 0 Å². The molecular formula is C14H13NO3. The molecule has 0 unspecified atom stereocenters. The number of rotatable bonds is 3. The normalized spacial score (nSPS) is 11.0. The van der Waals surface area contributed by atoms with Gasteiger partial charge in [-0.05, 0) is 16.3 Å². The zero-order valence-electron chi connectivity index (χ0n) is 9.96. The molecule has 0 heterocycles. The molecule has 0 saturated carbocycles. The van der Waals surface area contributed by atoms with Crippen LogP contribution in [0.25, 0.3) is 10.8 Å². The van der Waals surface area contributed by atoms with Crippen molar-refractivity contribution in [1.82, 2.24) is 0 Å². The number of oxime groups is 1. The van der Waals surface area contributed by atoms with Crippen molar-refractivity contribution in [3.8, 4) is 0 Å². The molecule has 4 nitrogen and oxygen atoms in total. The van der Waals surface area contributed by atoms with E-state index in [9.17, 15) is 9.90 Å². The number of fused-ring (bicyclic) bond motifs is 1. The minimum atomic E-state index is -0.456. The van der Waals surface area contributed by atoms with Gasteiger partial charge in [0.1, 0.15) is 0 Å². The largest absolute Gasteiger partial charge is 0.392 e. The van der Waals surface area contributed by atoms with Crippen LogP contribution in [0, 0.1) is 0 Å². The van der Waals surface area contributed by atoms with Crippen LogP contribution in [-0.4, -0.2) is 17.3 Å². The van der Waals surface area contributed by atoms with Gasteiger partial charge < -0.3 is 9.94 Å². The molecule has 0 spiro atoms. The van der Waals surface area contributed by atoms with Gasteiger partial charge in [-0.3, -0.25) is 0 Å². The quantitative estimate of drug-likeness (QED) is 0.511. The highest BCUT2D eigenvalue weighted by Crippen LogP contribution is 2.21. The van der Waals surface area contributed by atoms with E-state index in [2.05, 4.69) is 9.99 Å². The van der Waals surface area contributed by atoms with Crippen LogP contribution < -0.4 is 0 Å². The van der Waals surface area contributed by atoms with Gasteiger partial charge in [-0.15, -0.1) is 0 Å². The van der Waals surface area contributed by atoms with E-state index in [-0.39, 0.29) is 6.61 Å². The number of nitrogens with zero attached hydrogens (tertiary/aromatic N) is 1. The minimum Gasteiger partial charge on any atom is -0.392 e. The first-order chi connectivity index (χ1) is 8.72. The highest BCUT2D eigenvalue weighted by molar-refractivity contribution is 6.01. The lowest BCUT2D eigenvalue weighted by Gasteiger charge is -2.06. The van der Waals surface area contributed by atoms with Crippen LogP contribution >= 0.6 is 0 Å². The second-order valence-corrected chi connectivity index (χ2v) is 3.83. The number of benzene rings is 2. The summed E-state index contributed by atoms with van der Waals surface area (Å²) in [5.74, 6) is -0.456. The number of aliphatic hydroxyl groups excluding tert-OH is 1. The van der Waals surface area contributed by atoms with Gasteiger partial charge in [-0.25, -0.2) is 4.79 Å². The molecule has 92 valence electrons. The van der Waals surface area contributed by atoms with Gasteiger partial charge in [0, 0.05) is 12.5 Å².